The van der Waals surface area contributed by atoms with Crippen LogP contribution in [0.25, 0.3) is 0 Å². The molecule has 2 N–H and O–H groups in total. The molecule has 0 saturated carbocycles. The number of guanidine groups is 1. The Morgan fingerprint density at radius 1 is 1.31 bits per heavy atom. The van der Waals surface area contributed by atoms with Gasteiger partial charge in [0.1, 0.15) is 5.75 Å². The third kappa shape index (κ3) is 7.77. The van der Waals surface area contributed by atoms with E-state index in [1.807, 2.05) is 24.3 Å². The fourth-order valence-corrected chi connectivity index (χ4v) is 2.41. The molecule has 1 saturated heterocycles. The maximum absolute atomic E-state index is 11.8. The number of halogens is 1. The number of aliphatic imine (C=N–C) groups is 1. The van der Waals surface area contributed by atoms with Crippen LogP contribution in [0.3, 0.4) is 0 Å². The zero-order chi connectivity index (χ0) is 18.1. The summed E-state index contributed by atoms with van der Waals surface area (Å²) >= 11 is 0. The zero-order valence-electron chi connectivity index (χ0n) is 15.7. The van der Waals surface area contributed by atoms with Gasteiger partial charge in [0.2, 0.25) is 5.91 Å². The van der Waals surface area contributed by atoms with Gasteiger partial charge in [0.05, 0.1) is 26.3 Å². The predicted octanol–water partition coefficient (Wildman–Crippen LogP) is 1.62. The fraction of sp³-hybridized carbons (Fsp3) is 0.556. The van der Waals surface area contributed by atoms with E-state index in [1.165, 1.54) is 0 Å². The third-order valence-corrected chi connectivity index (χ3v) is 4.01. The van der Waals surface area contributed by atoms with Gasteiger partial charge in [-0.3, -0.25) is 4.79 Å². The molecule has 1 heterocycles. The Bertz CT molecular complexity index is 572. The Kier molecular flexibility index (Phi) is 10.3. The normalized spacial score (nSPS) is 16.6. The number of methoxy groups -OCH3 is 1. The average Bonchev–Trinajstić information content (AvgIpc) is 3.14. The van der Waals surface area contributed by atoms with Crippen LogP contribution in [0.15, 0.2) is 29.3 Å². The van der Waals surface area contributed by atoms with Crippen LogP contribution in [0.2, 0.25) is 0 Å². The van der Waals surface area contributed by atoms with Crippen molar-refractivity contribution in [3.05, 3.63) is 29.8 Å². The lowest BCUT2D eigenvalue weighted by Gasteiger charge is -2.17. The molecule has 1 aliphatic heterocycles. The number of nitrogens with zero attached hydrogens (tertiary/aromatic N) is 2. The fourth-order valence-electron chi connectivity index (χ4n) is 2.41. The molecule has 8 heteroatoms. The Morgan fingerprint density at radius 3 is 2.62 bits per heavy atom. The second-order valence-corrected chi connectivity index (χ2v) is 6.17. The molecule has 0 bridgehead atoms. The summed E-state index contributed by atoms with van der Waals surface area (Å²) in [6, 6.07) is 7.77. The van der Waals surface area contributed by atoms with E-state index in [0.717, 1.165) is 30.8 Å². The van der Waals surface area contributed by atoms with Gasteiger partial charge in [-0.25, -0.2) is 4.99 Å². The van der Waals surface area contributed by atoms with Gasteiger partial charge in [-0.05, 0) is 30.5 Å². The largest absolute Gasteiger partial charge is 0.497 e. The molecule has 0 radical (unpaired) electrons. The molecule has 0 spiro atoms. The van der Waals surface area contributed by atoms with Crippen molar-refractivity contribution < 1.29 is 14.3 Å². The van der Waals surface area contributed by atoms with Crippen molar-refractivity contribution in [2.24, 2.45) is 4.99 Å². The van der Waals surface area contributed by atoms with Gasteiger partial charge in [0.15, 0.2) is 5.96 Å². The number of hydrogen-bond acceptors (Lipinski definition) is 4. The SMILES string of the molecule is COc1ccc(CN=C(NCC(=O)N(C)C)NCC2CCCO2)cc1.I. The third-order valence-electron chi connectivity index (χ3n) is 4.01. The number of hydrogen-bond donors (Lipinski definition) is 2. The van der Waals surface area contributed by atoms with Crippen LogP contribution < -0.4 is 15.4 Å². The molecule has 146 valence electrons. The quantitative estimate of drug-likeness (QED) is 0.356. The minimum atomic E-state index is -0.00364. The highest BCUT2D eigenvalue weighted by Crippen LogP contribution is 2.12. The first-order valence-corrected chi connectivity index (χ1v) is 8.55. The van der Waals surface area contributed by atoms with Crippen molar-refractivity contribution in [1.29, 1.82) is 0 Å². The molecule has 7 nitrogen and oxygen atoms in total. The van der Waals surface area contributed by atoms with E-state index in [1.54, 1.807) is 26.1 Å². The van der Waals surface area contributed by atoms with Crippen LogP contribution in [-0.4, -0.2) is 63.8 Å². The molecular formula is C18H29IN4O3. The summed E-state index contributed by atoms with van der Waals surface area (Å²) in [5.74, 6) is 1.43. The lowest BCUT2D eigenvalue weighted by atomic mass is 10.2. The molecule has 0 aromatic heterocycles. The number of benzene rings is 1. The minimum Gasteiger partial charge on any atom is -0.497 e. The number of likely N-dealkylation sites (N-methyl/N-ethyl adjacent to an activating group) is 1. The summed E-state index contributed by atoms with van der Waals surface area (Å²) in [4.78, 5) is 17.9. The summed E-state index contributed by atoms with van der Waals surface area (Å²) < 4.78 is 10.8. The first-order chi connectivity index (χ1) is 12.1. The number of carbonyl (C=O) groups excluding carboxylic acids is 1. The van der Waals surface area contributed by atoms with Crippen LogP contribution in [0.5, 0.6) is 5.75 Å². The van der Waals surface area contributed by atoms with Gasteiger partial charge in [-0.2, -0.15) is 0 Å². The molecule has 1 aromatic rings. The van der Waals surface area contributed by atoms with Crippen LogP contribution >= 0.6 is 24.0 Å². The second-order valence-electron chi connectivity index (χ2n) is 6.17. The monoisotopic (exact) mass is 476 g/mol. The molecule has 1 unspecified atom stereocenters. The van der Waals surface area contributed by atoms with E-state index in [9.17, 15) is 4.79 Å². The van der Waals surface area contributed by atoms with Crippen molar-refractivity contribution in [2.45, 2.75) is 25.5 Å². The van der Waals surface area contributed by atoms with Gasteiger partial charge in [0, 0.05) is 27.2 Å². The molecule has 1 aromatic carbocycles. The van der Waals surface area contributed by atoms with E-state index in [0.29, 0.717) is 19.0 Å². The van der Waals surface area contributed by atoms with Crippen LogP contribution in [-0.2, 0) is 16.1 Å². The first-order valence-electron chi connectivity index (χ1n) is 8.55. The number of nitrogens with one attached hydrogen (secondary N) is 2. The van der Waals surface area contributed by atoms with Gasteiger partial charge in [0.25, 0.3) is 0 Å². The Labute approximate surface area is 172 Å². The van der Waals surface area contributed by atoms with E-state index >= 15 is 0 Å². The highest BCUT2D eigenvalue weighted by atomic mass is 127. The summed E-state index contributed by atoms with van der Waals surface area (Å²) in [5, 5.41) is 6.35. The standard InChI is InChI=1S/C18H28N4O3.HI/c1-22(2)17(23)13-21-18(20-12-16-5-4-10-25-16)19-11-14-6-8-15(24-3)9-7-14;/h6-9,16H,4-5,10-13H2,1-3H3,(H2,19,20,21);1H. The second kappa shape index (κ2) is 11.9. The van der Waals surface area contributed by atoms with Gasteiger partial charge < -0.3 is 25.0 Å². The molecule has 1 atom stereocenters. The molecule has 1 aliphatic rings. The Morgan fingerprint density at radius 2 is 2.04 bits per heavy atom. The smallest absolute Gasteiger partial charge is 0.241 e. The van der Waals surface area contributed by atoms with Crippen molar-refractivity contribution >= 4 is 35.8 Å². The van der Waals surface area contributed by atoms with Crippen molar-refractivity contribution in [3.63, 3.8) is 0 Å². The molecule has 0 aliphatic carbocycles. The number of amides is 1. The van der Waals surface area contributed by atoms with E-state index in [-0.39, 0.29) is 42.5 Å². The van der Waals surface area contributed by atoms with Gasteiger partial charge in [-0.1, -0.05) is 12.1 Å². The molecule has 26 heavy (non-hydrogen) atoms. The van der Waals surface area contributed by atoms with E-state index in [2.05, 4.69) is 15.6 Å². The van der Waals surface area contributed by atoms with Crippen molar-refractivity contribution in [3.8, 4) is 5.75 Å². The number of rotatable bonds is 7. The average molecular weight is 476 g/mol. The van der Waals surface area contributed by atoms with E-state index < -0.39 is 0 Å². The summed E-state index contributed by atoms with van der Waals surface area (Å²) in [5.41, 5.74) is 1.07. The van der Waals surface area contributed by atoms with Crippen LogP contribution in [0.4, 0.5) is 0 Å². The highest BCUT2D eigenvalue weighted by molar-refractivity contribution is 14.0. The highest BCUT2D eigenvalue weighted by Gasteiger charge is 2.16. The van der Waals surface area contributed by atoms with Crippen molar-refractivity contribution in [2.75, 3.05) is 40.9 Å². The Hall–Kier alpha value is -1.55. The number of carbonyl (C=O) groups is 1. The van der Waals surface area contributed by atoms with Crippen molar-refractivity contribution in [1.82, 2.24) is 15.5 Å². The summed E-state index contributed by atoms with van der Waals surface area (Å²) in [7, 11) is 5.11. The maximum atomic E-state index is 11.8. The first kappa shape index (κ1) is 22.5. The molecule has 1 amide bonds. The molecule has 2 rings (SSSR count). The maximum Gasteiger partial charge on any atom is 0.241 e. The van der Waals surface area contributed by atoms with Crippen LogP contribution in [0, 0.1) is 0 Å². The Balaban J connectivity index is 0.00000338. The molecular weight excluding hydrogens is 447 g/mol. The molecule has 1 fully saturated rings. The van der Waals surface area contributed by atoms with Crippen LogP contribution in [0.1, 0.15) is 18.4 Å². The predicted molar refractivity (Wildman–Crippen MR) is 113 cm³/mol. The van der Waals surface area contributed by atoms with Gasteiger partial charge >= 0.3 is 0 Å². The van der Waals surface area contributed by atoms with Gasteiger partial charge in [-0.15, -0.1) is 24.0 Å². The van der Waals surface area contributed by atoms with E-state index in [4.69, 9.17) is 9.47 Å². The lowest BCUT2D eigenvalue weighted by Crippen LogP contribution is -2.45. The summed E-state index contributed by atoms with van der Waals surface area (Å²) in [6.45, 7) is 2.22. The minimum absolute atomic E-state index is 0. The summed E-state index contributed by atoms with van der Waals surface area (Å²) in [6.07, 6.45) is 2.35. The zero-order valence-corrected chi connectivity index (χ0v) is 18.0. The topological polar surface area (TPSA) is 75.2 Å². The number of ether oxygens (including phenoxy) is 2. The lowest BCUT2D eigenvalue weighted by molar-refractivity contribution is -0.127.